The van der Waals surface area contributed by atoms with Gasteiger partial charge in [0.2, 0.25) is 0 Å². The monoisotopic (exact) mass is 276 g/mol. The topological polar surface area (TPSA) is 106 Å². The van der Waals surface area contributed by atoms with Gasteiger partial charge in [-0.3, -0.25) is 0 Å². The van der Waals surface area contributed by atoms with E-state index in [-0.39, 0.29) is 19.0 Å². The molecule has 0 unspecified atom stereocenters. The van der Waals surface area contributed by atoms with Crippen LogP contribution in [0.2, 0.25) is 0 Å². The lowest BCUT2D eigenvalue weighted by Gasteiger charge is -2.19. The molecular formula is C5H16N4OS4. The van der Waals surface area contributed by atoms with E-state index < -0.39 is 0 Å². The minimum Gasteiger partial charge on any atom is -0.376 e. The largest absolute Gasteiger partial charge is 0.376 e. The fourth-order valence-electron chi connectivity index (χ4n) is 0.525. The van der Waals surface area contributed by atoms with E-state index in [1.165, 1.54) is 4.90 Å². The van der Waals surface area contributed by atoms with Gasteiger partial charge in [-0.1, -0.05) is 24.4 Å². The summed E-state index contributed by atoms with van der Waals surface area (Å²) in [6.07, 6.45) is 0. The lowest BCUT2D eigenvalue weighted by atomic mass is 10.6. The molecule has 0 aromatic rings. The van der Waals surface area contributed by atoms with E-state index in [4.69, 9.17) is 17.3 Å². The highest BCUT2D eigenvalue weighted by Crippen LogP contribution is 1.93. The summed E-state index contributed by atoms with van der Waals surface area (Å²) in [4.78, 5) is 1.53. The van der Waals surface area contributed by atoms with Gasteiger partial charge in [0.1, 0.15) is 15.4 Å². The van der Waals surface area contributed by atoms with Gasteiger partial charge in [0.25, 0.3) is 0 Å². The van der Waals surface area contributed by atoms with E-state index >= 15 is 0 Å². The fourth-order valence-corrected chi connectivity index (χ4v) is 1.05. The summed E-state index contributed by atoms with van der Waals surface area (Å²) in [5.74, 6) is 0. The van der Waals surface area contributed by atoms with Gasteiger partial charge in [0.15, 0.2) is 0 Å². The SMILES string of the molecule is N.N.OCN(CCNC(=S)S)C(=S)S. The lowest BCUT2D eigenvalue weighted by molar-refractivity contribution is 0.176. The third kappa shape index (κ3) is 10.4. The minimum absolute atomic E-state index is 0. The fraction of sp³-hybridized carbons (Fsp3) is 0.600. The molecule has 0 aliphatic heterocycles. The van der Waals surface area contributed by atoms with Crippen LogP contribution in [0.3, 0.4) is 0 Å². The highest BCUT2D eigenvalue weighted by Gasteiger charge is 2.02. The number of hydrogen-bond donors (Lipinski definition) is 6. The molecule has 9 heteroatoms. The Hall–Kier alpha value is 0.360. The Labute approximate surface area is 106 Å². The van der Waals surface area contributed by atoms with Crippen molar-refractivity contribution < 1.29 is 5.11 Å². The Morgan fingerprint density at radius 2 is 1.79 bits per heavy atom. The van der Waals surface area contributed by atoms with Crippen LogP contribution in [0, 0.1) is 0 Å². The van der Waals surface area contributed by atoms with Crippen LogP contribution in [0.4, 0.5) is 0 Å². The van der Waals surface area contributed by atoms with E-state index in [0.29, 0.717) is 21.7 Å². The molecule has 0 rings (SSSR count). The first-order valence-electron chi connectivity index (χ1n) is 3.13. The summed E-state index contributed by atoms with van der Waals surface area (Å²) in [7, 11) is 0. The van der Waals surface area contributed by atoms with Crippen molar-refractivity contribution in [2.75, 3.05) is 19.8 Å². The summed E-state index contributed by atoms with van der Waals surface area (Å²) in [6, 6.07) is 0. The normalized spacial score (nSPS) is 7.93. The summed E-state index contributed by atoms with van der Waals surface area (Å²) >= 11 is 17.2. The molecule has 86 valence electrons. The second-order valence-corrected chi connectivity index (χ2v) is 4.19. The summed E-state index contributed by atoms with van der Waals surface area (Å²) in [6.45, 7) is 1.01. The molecule has 0 atom stereocenters. The van der Waals surface area contributed by atoms with E-state index in [2.05, 4.69) is 42.8 Å². The van der Waals surface area contributed by atoms with Gasteiger partial charge in [-0.25, -0.2) is 0 Å². The molecule has 0 heterocycles. The van der Waals surface area contributed by atoms with Crippen LogP contribution in [0.5, 0.6) is 0 Å². The van der Waals surface area contributed by atoms with Gasteiger partial charge in [0.05, 0.1) is 0 Å². The van der Waals surface area contributed by atoms with Crippen LogP contribution in [-0.4, -0.2) is 38.5 Å². The summed E-state index contributed by atoms with van der Waals surface area (Å²) < 4.78 is 0.794. The molecular weight excluding hydrogens is 260 g/mol. The maximum absolute atomic E-state index is 8.77. The van der Waals surface area contributed by atoms with E-state index in [9.17, 15) is 0 Å². The molecule has 0 aromatic heterocycles. The van der Waals surface area contributed by atoms with Crippen LogP contribution in [-0.2, 0) is 0 Å². The molecule has 0 radical (unpaired) electrons. The molecule has 0 saturated carbocycles. The zero-order chi connectivity index (χ0) is 9.56. The molecule has 0 bridgehead atoms. The Morgan fingerprint density at radius 1 is 1.29 bits per heavy atom. The van der Waals surface area contributed by atoms with Gasteiger partial charge in [-0.2, -0.15) is 0 Å². The number of aliphatic hydroxyl groups excluding tert-OH is 1. The zero-order valence-corrected chi connectivity index (χ0v) is 11.1. The van der Waals surface area contributed by atoms with E-state index in [0.717, 1.165) is 0 Å². The molecule has 0 saturated heterocycles. The smallest absolute Gasteiger partial charge is 0.135 e. The van der Waals surface area contributed by atoms with Crippen molar-refractivity contribution in [3.05, 3.63) is 0 Å². The Bertz CT molecular complexity index is 179. The number of aliphatic hydroxyl groups is 1. The van der Waals surface area contributed by atoms with Gasteiger partial charge in [-0.05, 0) is 0 Å². The second-order valence-electron chi connectivity index (χ2n) is 1.92. The molecule has 0 aromatic carbocycles. The van der Waals surface area contributed by atoms with Crippen LogP contribution in [0.1, 0.15) is 0 Å². The second kappa shape index (κ2) is 11.4. The predicted molar refractivity (Wildman–Crippen MR) is 75.0 cm³/mol. The predicted octanol–water partition coefficient (Wildman–Crippen LogP) is 0.581. The molecule has 5 nitrogen and oxygen atoms in total. The first-order chi connectivity index (χ1) is 5.57. The Balaban J connectivity index is -0.000000605. The van der Waals surface area contributed by atoms with Crippen LogP contribution in [0.15, 0.2) is 0 Å². The standard InChI is InChI=1S/C5H10N2OS4.2H3N/c8-3-7(5(11)12)2-1-6-4(9)10;;/h8H,1-3H2,(H,11,12)(H2,6,9,10);2*1H3. The van der Waals surface area contributed by atoms with Crippen molar-refractivity contribution in [2.24, 2.45) is 0 Å². The summed E-state index contributed by atoms with van der Waals surface area (Å²) in [5.41, 5.74) is 0. The number of thiocarbonyl (C=S) groups is 2. The van der Waals surface area contributed by atoms with Crippen molar-refractivity contribution in [1.29, 1.82) is 0 Å². The van der Waals surface area contributed by atoms with Crippen LogP contribution >= 0.6 is 49.7 Å². The quantitative estimate of drug-likeness (QED) is 0.253. The first-order valence-corrected chi connectivity index (χ1v) is 4.84. The van der Waals surface area contributed by atoms with Crippen LogP contribution < -0.4 is 17.6 Å². The van der Waals surface area contributed by atoms with E-state index in [1.807, 2.05) is 0 Å². The third-order valence-electron chi connectivity index (χ3n) is 1.10. The highest BCUT2D eigenvalue weighted by atomic mass is 32.1. The maximum Gasteiger partial charge on any atom is 0.135 e. The molecule has 0 amide bonds. The molecule has 0 spiro atoms. The maximum atomic E-state index is 8.77. The Kier molecular flexibility index (Phi) is 16.2. The number of thiol groups is 2. The van der Waals surface area contributed by atoms with Gasteiger partial charge in [0, 0.05) is 13.1 Å². The van der Waals surface area contributed by atoms with E-state index in [1.54, 1.807) is 0 Å². The third-order valence-corrected chi connectivity index (χ3v) is 1.94. The van der Waals surface area contributed by atoms with Gasteiger partial charge in [-0.15, -0.1) is 25.3 Å². The molecule has 14 heavy (non-hydrogen) atoms. The molecule has 0 aliphatic rings. The zero-order valence-electron chi connectivity index (χ0n) is 7.64. The van der Waals surface area contributed by atoms with Crippen molar-refractivity contribution in [3.63, 3.8) is 0 Å². The Morgan fingerprint density at radius 3 is 2.07 bits per heavy atom. The number of nitrogens with zero attached hydrogens (tertiary/aromatic N) is 1. The minimum atomic E-state index is -0.136. The first kappa shape index (κ1) is 19.9. The lowest BCUT2D eigenvalue weighted by Crippen LogP contribution is -2.35. The van der Waals surface area contributed by atoms with Crippen molar-refractivity contribution in [1.82, 2.24) is 22.5 Å². The molecule has 0 aliphatic carbocycles. The van der Waals surface area contributed by atoms with Crippen LogP contribution in [0.25, 0.3) is 0 Å². The molecule has 0 fully saturated rings. The number of hydrogen-bond acceptors (Lipinski definition) is 5. The van der Waals surface area contributed by atoms with Gasteiger partial charge < -0.3 is 27.6 Å². The van der Waals surface area contributed by atoms with Gasteiger partial charge >= 0.3 is 0 Å². The van der Waals surface area contributed by atoms with Crippen molar-refractivity contribution >= 4 is 58.3 Å². The number of rotatable bonds is 4. The average Bonchev–Trinajstić information content (AvgIpc) is 1.96. The number of nitrogens with one attached hydrogen (secondary N) is 1. The summed E-state index contributed by atoms with van der Waals surface area (Å²) in [5, 5.41) is 11.6. The van der Waals surface area contributed by atoms with Crippen molar-refractivity contribution in [3.8, 4) is 0 Å². The highest BCUT2D eigenvalue weighted by molar-refractivity contribution is 8.11. The average molecular weight is 276 g/mol. The van der Waals surface area contributed by atoms with Crippen molar-refractivity contribution in [2.45, 2.75) is 0 Å². The molecule has 8 N–H and O–H groups in total.